The highest BCUT2D eigenvalue weighted by Gasteiger charge is 2.43. The highest BCUT2D eigenvalue weighted by atomic mass is 19.1. The van der Waals surface area contributed by atoms with Gasteiger partial charge in [0.25, 0.3) is 0 Å². The van der Waals surface area contributed by atoms with E-state index in [0.29, 0.717) is 37.1 Å². The van der Waals surface area contributed by atoms with Gasteiger partial charge in [-0.05, 0) is 38.8 Å². The van der Waals surface area contributed by atoms with Crippen LogP contribution in [0, 0.1) is 11.6 Å². The van der Waals surface area contributed by atoms with Crippen molar-refractivity contribution in [2.75, 3.05) is 25.0 Å². The Balaban J connectivity index is 1.39. The predicted octanol–water partition coefficient (Wildman–Crippen LogP) is 3.15. The maximum atomic E-state index is 15.4. The van der Waals surface area contributed by atoms with Gasteiger partial charge in [0.15, 0.2) is 17.9 Å². The number of hydrogen-bond acceptors (Lipinski definition) is 8. The Bertz CT molecular complexity index is 1470. The van der Waals surface area contributed by atoms with Crippen LogP contribution in [0.4, 0.5) is 19.1 Å². The quantitative estimate of drug-likeness (QED) is 0.487. The van der Waals surface area contributed by atoms with Gasteiger partial charge in [-0.2, -0.15) is 0 Å². The summed E-state index contributed by atoms with van der Waals surface area (Å²) in [7, 11) is 0. The fourth-order valence-electron chi connectivity index (χ4n) is 5.78. The number of nitrogens with zero attached hydrogens (tertiary/aromatic N) is 4. The zero-order chi connectivity index (χ0) is 27.4. The Labute approximate surface area is 222 Å². The summed E-state index contributed by atoms with van der Waals surface area (Å²) < 4.78 is 56.9. The van der Waals surface area contributed by atoms with Gasteiger partial charge >= 0.3 is 0 Å². The van der Waals surface area contributed by atoms with E-state index in [9.17, 15) is 14.3 Å². The van der Waals surface area contributed by atoms with E-state index in [2.05, 4.69) is 15.3 Å². The summed E-state index contributed by atoms with van der Waals surface area (Å²) in [5, 5.41) is 13.7. The van der Waals surface area contributed by atoms with E-state index in [4.69, 9.17) is 9.47 Å². The molecule has 39 heavy (non-hydrogen) atoms. The van der Waals surface area contributed by atoms with E-state index >= 15 is 8.78 Å². The molecule has 2 aromatic heterocycles. The first kappa shape index (κ1) is 26.2. The molecule has 0 radical (unpaired) electrons. The van der Waals surface area contributed by atoms with E-state index in [1.165, 1.54) is 12.1 Å². The van der Waals surface area contributed by atoms with Crippen LogP contribution in [-0.4, -0.2) is 74.9 Å². The highest BCUT2D eigenvalue weighted by molar-refractivity contribution is 5.84. The summed E-state index contributed by atoms with van der Waals surface area (Å²) in [5.74, 6) is -1.42. The van der Waals surface area contributed by atoms with E-state index in [1.807, 2.05) is 13.8 Å². The van der Waals surface area contributed by atoms with Crippen molar-refractivity contribution in [2.24, 2.45) is 0 Å². The number of fused-ring (bicyclic) bond motifs is 3. The molecule has 9 nitrogen and oxygen atoms in total. The second-order valence-corrected chi connectivity index (χ2v) is 10.7. The molecule has 0 saturated carbocycles. The molecule has 0 amide bonds. The van der Waals surface area contributed by atoms with E-state index < -0.39 is 41.7 Å². The van der Waals surface area contributed by atoms with Crippen molar-refractivity contribution in [1.29, 1.82) is 0 Å². The summed E-state index contributed by atoms with van der Waals surface area (Å²) in [6.07, 6.45) is -0.938. The molecule has 208 valence electrons. The van der Waals surface area contributed by atoms with Gasteiger partial charge in [0.05, 0.1) is 36.2 Å². The van der Waals surface area contributed by atoms with Gasteiger partial charge in [-0.15, -0.1) is 0 Å². The molecule has 3 fully saturated rings. The number of alkyl halides is 1. The number of aliphatic hydroxyl groups is 1. The van der Waals surface area contributed by atoms with Crippen molar-refractivity contribution >= 4 is 16.9 Å². The second-order valence-electron chi connectivity index (χ2n) is 10.7. The SMILES string of the molecule is CC(C)n1c(CN2CC[C@@H](F)C2)c(F)c(=O)c2ccc(-c3nc(N[C@@H]4C[C@H]5CO[C@H](O5)[C@H]4O)ncc3F)cc21. The molecule has 0 aliphatic carbocycles. The normalized spacial score (nSPS) is 27.1. The van der Waals surface area contributed by atoms with Crippen molar-refractivity contribution in [3.63, 3.8) is 0 Å². The first-order chi connectivity index (χ1) is 18.7. The van der Waals surface area contributed by atoms with Gasteiger partial charge in [-0.1, -0.05) is 6.07 Å². The van der Waals surface area contributed by atoms with Crippen LogP contribution in [0.25, 0.3) is 22.2 Å². The van der Waals surface area contributed by atoms with Crippen molar-refractivity contribution in [3.8, 4) is 11.3 Å². The number of pyridine rings is 1. The number of aliphatic hydroxyl groups excluding tert-OH is 1. The minimum atomic E-state index is -0.979. The molecule has 0 unspecified atom stereocenters. The molecule has 3 aromatic rings. The Kier molecular flexibility index (Phi) is 6.82. The summed E-state index contributed by atoms with van der Waals surface area (Å²) in [6, 6.07) is 3.93. The average molecular weight is 546 g/mol. The van der Waals surface area contributed by atoms with Crippen LogP contribution < -0.4 is 10.7 Å². The molecule has 3 aliphatic rings. The number of rotatable bonds is 6. The molecule has 3 aliphatic heterocycles. The summed E-state index contributed by atoms with van der Waals surface area (Å²) in [5.41, 5.74) is 0.210. The van der Waals surface area contributed by atoms with Crippen LogP contribution in [0.3, 0.4) is 0 Å². The standard InChI is InChI=1S/C27H30F3N5O4/c1-13(2)35-20-7-14(3-4-17(20)24(36)22(30)21(35)11-34-6-5-15(28)10-34)23-18(29)9-31-27(33-23)32-19-8-16-12-38-26(39-16)25(19)37/h3-4,7,9,13,15-16,19,25-26,37H,5-6,8,10-12H2,1-2H3,(H,31,32,33)/t15-,16+,19-,25+,26-/m1/s1. The van der Waals surface area contributed by atoms with Crippen LogP contribution in [0.2, 0.25) is 0 Å². The van der Waals surface area contributed by atoms with Crippen LogP contribution in [0.1, 0.15) is 38.4 Å². The summed E-state index contributed by atoms with van der Waals surface area (Å²) in [6.45, 7) is 4.87. The fraction of sp³-hybridized carbons (Fsp3) is 0.519. The Morgan fingerprint density at radius 2 is 2.10 bits per heavy atom. The number of benzene rings is 1. The monoisotopic (exact) mass is 545 g/mol. The highest BCUT2D eigenvalue weighted by Crippen LogP contribution is 2.31. The maximum Gasteiger partial charge on any atom is 0.225 e. The largest absolute Gasteiger partial charge is 0.386 e. The molecular weight excluding hydrogens is 515 g/mol. The van der Waals surface area contributed by atoms with Crippen molar-refractivity contribution in [2.45, 2.75) is 70.0 Å². The molecular formula is C27H30F3N5O4. The first-order valence-corrected chi connectivity index (χ1v) is 13.2. The topological polar surface area (TPSA) is 102 Å². The lowest BCUT2D eigenvalue weighted by molar-refractivity contribution is -0.156. The smallest absolute Gasteiger partial charge is 0.225 e. The molecule has 0 spiro atoms. The molecule has 2 bridgehead atoms. The molecule has 5 atom stereocenters. The Morgan fingerprint density at radius 1 is 1.28 bits per heavy atom. The molecule has 3 saturated heterocycles. The van der Waals surface area contributed by atoms with Crippen LogP contribution >= 0.6 is 0 Å². The number of ether oxygens (including phenoxy) is 2. The third-order valence-corrected chi connectivity index (χ3v) is 7.66. The number of aromatic nitrogens is 3. The first-order valence-electron chi connectivity index (χ1n) is 13.2. The fourth-order valence-corrected chi connectivity index (χ4v) is 5.78. The van der Waals surface area contributed by atoms with Crippen LogP contribution in [-0.2, 0) is 16.0 Å². The van der Waals surface area contributed by atoms with Crippen molar-refractivity contribution < 1.29 is 27.8 Å². The lowest BCUT2D eigenvalue weighted by atomic mass is 10.0. The zero-order valence-corrected chi connectivity index (χ0v) is 21.6. The number of likely N-dealkylation sites (tertiary alicyclic amines) is 1. The van der Waals surface area contributed by atoms with Crippen LogP contribution in [0.15, 0.2) is 29.2 Å². The number of anilines is 1. The predicted molar refractivity (Wildman–Crippen MR) is 137 cm³/mol. The van der Waals surface area contributed by atoms with Gasteiger partial charge < -0.3 is 24.5 Å². The van der Waals surface area contributed by atoms with E-state index in [0.717, 1.165) is 6.20 Å². The third kappa shape index (κ3) is 4.79. The second kappa shape index (κ2) is 10.2. The Morgan fingerprint density at radius 3 is 2.85 bits per heavy atom. The molecule has 6 rings (SSSR count). The average Bonchev–Trinajstić information content (AvgIpc) is 3.52. The van der Waals surface area contributed by atoms with E-state index in [-0.39, 0.29) is 48.0 Å². The zero-order valence-electron chi connectivity index (χ0n) is 21.6. The minimum Gasteiger partial charge on any atom is -0.386 e. The molecule has 1 aromatic carbocycles. The summed E-state index contributed by atoms with van der Waals surface area (Å²) in [4.78, 5) is 23.2. The van der Waals surface area contributed by atoms with Gasteiger partial charge in [0.2, 0.25) is 11.4 Å². The Hall–Kier alpha value is -3.06. The van der Waals surface area contributed by atoms with Crippen molar-refractivity contribution in [1.82, 2.24) is 19.4 Å². The third-order valence-electron chi connectivity index (χ3n) is 7.66. The van der Waals surface area contributed by atoms with Gasteiger partial charge in [-0.25, -0.2) is 23.1 Å². The van der Waals surface area contributed by atoms with Gasteiger partial charge in [0.1, 0.15) is 18.0 Å². The molecule has 2 N–H and O–H groups in total. The van der Waals surface area contributed by atoms with Gasteiger partial charge in [0, 0.05) is 36.6 Å². The summed E-state index contributed by atoms with van der Waals surface area (Å²) >= 11 is 0. The minimum absolute atomic E-state index is 0.0105. The van der Waals surface area contributed by atoms with Crippen LogP contribution in [0.5, 0.6) is 0 Å². The molecule has 5 heterocycles. The van der Waals surface area contributed by atoms with E-state index in [1.54, 1.807) is 15.5 Å². The van der Waals surface area contributed by atoms with Gasteiger partial charge in [-0.3, -0.25) is 9.69 Å². The number of nitrogens with one attached hydrogen (secondary N) is 1. The maximum absolute atomic E-state index is 15.4. The number of halogens is 3. The lowest BCUT2D eigenvalue weighted by Gasteiger charge is -2.32. The lowest BCUT2D eigenvalue weighted by Crippen LogP contribution is -2.48. The van der Waals surface area contributed by atoms with Crippen molar-refractivity contribution in [3.05, 3.63) is 51.9 Å². The molecule has 12 heteroatoms. The number of hydrogen-bond donors (Lipinski definition) is 2.